The van der Waals surface area contributed by atoms with E-state index in [1.807, 2.05) is 24.8 Å². The summed E-state index contributed by atoms with van der Waals surface area (Å²) in [4.78, 5) is 12.0. The number of piperidine rings is 1. The number of hydrogen-bond donors (Lipinski definition) is 1. The van der Waals surface area contributed by atoms with E-state index in [2.05, 4.69) is 9.97 Å². The molecule has 0 unspecified atom stereocenters. The van der Waals surface area contributed by atoms with Crippen LogP contribution in [-0.2, 0) is 6.54 Å². The maximum Gasteiger partial charge on any atom is 0.295 e. The predicted molar refractivity (Wildman–Crippen MR) is 105 cm³/mol. The van der Waals surface area contributed by atoms with Crippen molar-refractivity contribution >= 4 is 27.4 Å². The average molecular weight is 430 g/mol. The number of nitrogen functional groups attached to an aromatic ring is 1. The smallest absolute Gasteiger partial charge is 0.295 e. The van der Waals surface area contributed by atoms with Crippen LogP contribution in [0.25, 0.3) is 21.8 Å². The minimum absolute atomic E-state index is 0.118. The zero-order valence-electron chi connectivity index (χ0n) is 16.1. The lowest BCUT2D eigenvalue weighted by Crippen LogP contribution is -2.38. The molecule has 4 heterocycles. The number of nitrogens with zero attached hydrogens (tertiary/aromatic N) is 3. The lowest BCUT2D eigenvalue weighted by Gasteiger charge is -2.31. The number of anilines is 1. The van der Waals surface area contributed by atoms with Crippen molar-refractivity contribution in [3.63, 3.8) is 0 Å². The molecule has 3 aromatic rings. The van der Waals surface area contributed by atoms with Crippen molar-refractivity contribution in [2.75, 3.05) is 18.8 Å². The SMILES string of the molecule is CC.Nc1nc(-c2ccc(C(F)F)o2)nc2sc(CN3CCC(F)(F)CC3)cc12. The van der Waals surface area contributed by atoms with E-state index in [9.17, 15) is 17.6 Å². The highest BCUT2D eigenvalue weighted by Crippen LogP contribution is 2.34. The number of nitrogens with two attached hydrogens (primary N) is 1. The number of alkyl halides is 4. The fourth-order valence-corrected chi connectivity index (χ4v) is 4.11. The van der Waals surface area contributed by atoms with Gasteiger partial charge in [0.2, 0.25) is 0 Å². The van der Waals surface area contributed by atoms with E-state index in [1.54, 1.807) is 0 Å². The fourth-order valence-electron chi connectivity index (χ4n) is 3.03. The van der Waals surface area contributed by atoms with Gasteiger partial charge in [-0.3, -0.25) is 4.90 Å². The molecule has 0 bridgehead atoms. The van der Waals surface area contributed by atoms with E-state index in [4.69, 9.17) is 10.2 Å². The van der Waals surface area contributed by atoms with Crippen molar-refractivity contribution in [2.24, 2.45) is 0 Å². The molecule has 0 radical (unpaired) electrons. The number of likely N-dealkylation sites (tertiary alicyclic amines) is 1. The van der Waals surface area contributed by atoms with Gasteiger partial charge < -0.3 is 10.2 Å². The molecule has 0 saturated carbocycles. The summed E-state index contributed by atoms with van der Waals surface area (Å²) in [6.07, 6.45) is -3.01. The molecule has 0 amide bonds. The van der Waals surface area contributed by atoms with Crippen LogP contribution in [0.5, 0.6) is 0 Å². The van der Waals surface area contributed by atoms with Crippen LogP contribution in [0, 0.1) is 0 Å². The summed E-state index contributed by atoms with van der Waals surface area (Å²) >= 11 is 1.38. The molecule has 1 aliphatic heterocycles. The third kappa shape index (κ3) is 4.87. The van der Waals surface area contributed by atoms with Crippen LogP contribution >= 0.6 is 11.3 Å². The van der Waals surface area contributed by atoms with Gasteiger partial charge in [0.05, 0.1) is 5.39 Å². The average Bonchev–Trinajstić information content (AvgIpc) is 3.32. The Kier molecular flexibility index (Phi) is 6.42. The molecule has 0 aliphatic carbocycles. The highest BCUT2D eigenvalue weighted by atomic mass is 32.1. The number of hydrogen-bond acceptors (Lipinski definition) is 6. The Morgan fingerprint density at radius 1 is 1.21 bits per heavy atom. The summed E-state index contributed by atoms with van der Waals surface area (Å²) in [5.41, 5.74) is 6.00. The maximum atomic E-state index is 13.3. The van der Waals surface area contributed by atoms with Gasteiger partial charge in [-0.15, -0.1) is 11.3 Å². The second kappa shape index (κ2) is 8.66. The summed E-state index contributed by atoms with van der Waals surface area (Å²) in [6.45, 7) is 5.19. The van der Waals surface area contributed by atoms with Crippen molar-refractivity contribution in [2.45, 2.75) is 45.6 Å². The van der Waals surface area contributed by atoms with Crippen LogP contribution in [0.2, 0.25) is 0 Å². The van der Waals surface area contributed by atoms with Crippen LogP contribution in [0.4, 0.5) is 23.4 Å². The molecule has 0 atom stereocenters. The Morgan fingerprint density at radius 3 is 2.52 bits per heavy atom. The van der Waals surface area contributed by atoms with Crippen LogP contribution in [0.1, 0.15) is 43.8 Å². The molecule has 29 heavy (non-hydrogen) atoms. The highest BCUT2D eigenvalue weighted by Gasteiger charge is 2.34. The second-order valence-electron chi connectivity index (χ2n) is 6.50. The van der Waals surface area contributed by atoms with E-state index < -0.39 is 18.1 Å². The van der Waals surface area contributed by atoms with Gasteiger partial charge in [0.15, 0.2) is 17.3 Å². The maximum absolute atomic E-state index is 13.3. The fraction of sp³-hybridized carbons (Fsp3) is 0.474. The summed E-state index contributed by atoms with van der Waals surface area (Å²) in [5, 5.41) is 0.654. The Balaban J connectivity index is 0.00000117. The Morgan fingerprint density at radius 2 is 1.90 bits per heavy atom. The van der Waals surface area contributed by atoms with E-state index in [-0.39, 0.29) is 30.2 Å². The lowest BCUT2D eigenvalue weighted by atomic mass is 10.1. The minimum Gasteiger partial charge on any atom is -0.452 e. The molecule has 1 aliphatic rings. The Hall–Kier alpha value is -2.20. The quantitative estimate of drug-likeness (QED) is 0.536. The van der Waals surface area contributed by atoms with Crippen LogP contribution in [-0.4, -0.2) is 33.9 Å². The number of thiophene rings is 1. The molecule has 2 N–H and O–H groups in total. The van der Waals surface area contributed by atoms with Crippen molar-refractivity contribution in [3.8, 4) is 11.6 Å². The molecule has 3 aromatic heterocycles. The third-order valence-electron chi connectivity index (χ3n) is 4.50. The monoisotopic (exact) mass is 430 g/mol. The molecule has 4 rings (SSSR count). The number of rotatable bonds is 4. The molecule has 0 aromatic carbocycles. The molecule has 1 fully saturated rings. The number of fused-ring (bicyclic) bond motifs is 1. The van der Waals surface area contributed by atoms with Crippen molar-refractivity contribution in [1.29, 1.82) is 0 Å². The Labute approximate surface area is 169 Å². The van der Waals surface area contributed by atoms with E-state index in [0.29, 0.717) is 29.9 Å². The number of aromatic nitrogens is 2. The second-order valence-corrected chi connectivity index (χ2v) is 7.61. The van der Waals surface area contributed by atoms with Crippen LogP contribution in [0.15, 0.2) is 22.6 Å². The van der Waals surface area contributed by atoms with Gasteiger partial charge in [-0.2, -0.15) is 0 Å². The predicted octanol–water partition coefficient (Wildman–Crippen LogP) is 5.73. The lowest BCUT2D eigenvalue weighted by molar-refractivity contribution is -0.0564. The highest BCUT2D eigenvalue weighted by molar-refractivity contribution is 7.18. The first-order valence-electron chi connectivity index (χ1n) is 9.35. The molecular formula is C19H22F4N4OS. The number of furan rings is 1. The van der Waals surface area contributed by atoms with Gasteiger partial charge in [-0.25, -0.2) is 27.5 Å². The molecule has 0 spiro atoms. The zero-order chi connectivity index (χ0) is 21.2. The van der Waals surface area contributed by atoms with Gasteiger partial charge in [0.1, 0.15) is 10.6 Å². The number of halogens is 4. The normalized spacial score (nSPS) is 16.8. The minimum atomic E-state index is -2.72. The van der Waals surface area contributed by atoms with E-state index in [1.165, 1.54) is 23.5 Å². The zero-order valence-corrected chi connectivity index (χ0v) is 16.9. The molecule has 10 heteroatoms. The first-order valence-corrected chi connectivity index (χ1v) is 10.2. The summed E-state index contributed by atoms with van der Waals surface area (Å²) in [5.74, 6) is -2.56. The van der Waals surface area contributed by atoms with Gasteiger partial charge in [-0.05, 0) is 18.2 Å². The first kappa shape index (κ1) is 21.5. The van der Waals surface area contributed by atoms with Crippen LogP contribution in [0.3, 0.4) is 0 Å². The molecule has 1 saturated heterocycles. The molecule has 158 valence electrons. The van der Waals surface area contributed by atoms with Gasteiger partial charge >= 0.3 is 0 Å². The van der Waals surface area contributed by atoms with E-state index in [0.717, 1.165) is 4.88 Å². The van der Waals surface area contributed by atoms with Gasteiger partial charge in [0.25, 0.3) is 12.3 Å². The van der Waals surface area contributed by atoms with Gasteiger partial charge in [-0.1, -0.05) is 13.8 Å². The topological polar surface area (TPSA) is 68.2 Å². The van der Waals surface area contributed by atoms with Gasteiger partial charge in [0, 0.05) is 37.4 Å². The van der Waals surface area contributed by atoms with Crippen molar-refractivity contribution < 1.29 is 22.0 Å². The Bertz CT molecular complexity index is 962. The summed E-state index contributed by atoms with van der Waals surface area (Å²) in [7, 11) is 0. The van der Waals surface area contributed by atoms with E-state index >= 15 is 0 Å². The van der Waals surface area contributed by atoms with Crippen molar-refractivity contribution in [1.82, 2.24) is 14.9 Å². The molecule has 5 nitrogen and oxygen atoms in total. The molecular weight excluding hydrogens is 408 g/mol. The summed E-state index contributed by atoms with van der Waals surface area (Å²) < 4.78 is 57.0. The summed E-state index contributed by atoms with van der Waals surface area (Å²) in [6, 6.07) is 4.40. The van der Waals surface area contributed by atoms with Crippen LogP contribution < -0.4 is 5.73 Å². The first-order chi connectivity index (χ1) is 13.8. The largest absolute Gasteiger partial charge is 0.452 e. The standard InChI is InChI=1S/C17H16F4N4OS.C2H6/c18-13(19)11-1-2-12(26-11)15-23-14(22)10-7-9(27-16(10)24-15)8-25-5-3-17(20,21)4-6-25;1-2/h1-2,7,13H,3-6,8H2,(H2,22,23,24);1-2H3. The van der Waals surface area contributed by atoms with Crippen molar-refractivity contribution in [3.05, 3.63) is 28.8 Å². The third-order valence-corrected chi connectivity index (χ3v) is 5.52.